The van der Waals surface area contributed by atoms with E-state index in [9.17, 15) is 10.2 Å². The highest BCUT2D eigenvalue weighted by Gasteiger charge is 2.36. The second kappa shape index (κ2) is 2.59. The summed E-state index contributed by atoms with van der Waals surface area (Å²) in [7, 11) is 0. The van der Waals surface area contributed by atoms with Crippen molar-refractivity contribution in [2.45, 2.75) is 37.3 Å². The number of aliphatic hydroxyl groups is 2. The van der Waals surface area contributed by atoms with E-state index in [1.807, 2.05) is 12.2 Å². The zero-order chi connectivity index (χ0) is 7.84. The molecule has 2 bridgehead atoms. The van der Waals surface area contributed by atoms with Crippen LogP contribution in [-0.2, 0) is 4.74 Å². The Morgan fingerprint density at radius 3 is 2.91 bits per heavy atom. The summed E-state index contributed by atoms with van der Waals surface area (Å²) in [5.74, 6) is 0. The van der Waals surface area contributed by atoms with Crippen molar-refractivity contribution in [1.29, 1.82) is 0 Å². The predicted octanol–water partition coefficient (Wildman–Crippen LogP) is -0.174. The fourth-order valence-corrected chi connectivity index (χ4v) is 1.65. The van der Waals surface area contributed by atoms with Crippen LogP contribution in [-0.4, -0.2) is 34.6 Å². The van der Waals surface area contributed by atoms with E-state index < -0.39 is 12.2 Å². The Balaban J connectivity index is 2.15. The molecule has 0 radical (unpaired) electrons. The van der Waals surface area contributed by atoms with Crippen molar-refractivity contribution in [1.82, 2.24) is 0 Å². The molecule has 2 aliphatic rings. The van der Waals surface area contributed by atoms with Crippen molar-refractivity contribution in [3.8, 4) is 0 Å². The molecule has 11 heavy (non-hydrogen) atoms. The van der Waals surface area contributed by atoms with Crippen LogP contribution in [0.15, 0.2) is 12.2 Å². The van der Waals surface area contributed by atoms with E-state index in [2.05, 4.69) is 0 Å². The van der Waals surface area contributed by atoms with Gasteiger partial charge in [0.05, 0.1) is 18.3 Å². The molecule has 0 saturated carbocycles. The van der Waals surface area contributed by atoms with Gasteiger partial charge < -0.3 is 14.9 Å². The standard InChI is InChI=1S/C8H12O3/c9-5-4-6(10)8-3-1-2-7(5)11-8/h1-2,5-10H,3-4H2/t5-,6+,7-,8+/m1/s1. The van der Waals surface area contributed by atoms with Crippen LogP contribution in [0.5, 0.6) is 0 Å². The summed E-state index contributed by atoms with van der Waals surface area (Å²) in [6, 6.07) is 0. The summed E-state index contributed by atoms with van der Waals surface area (Å²) in [6.07, 6.45) is 3.75. The molecule has 0 aliphatic carbocycles. The van der Waals surface area contributed by atoms with Crippen molar-refractivity contribution >= 4 is 0 Å². The average molecular weight is 156 g/mol. The molecule has 2 aliphatic heterocycles. The van der Waals surface area contributed by atoms with Crippen molar-refractivity contribution in [3.05, 3.63) is 12.2 Å². The van der Waals surface area contributed by atoms with Gasteiger partial charge in [-0.2, -0.15) is 0 Å². The summed E-state index contributed by atoms with van der Waals surface area (Å²) in [4.78, 5) is 0. The maximum atomic E-state index is 9.37. The number of rotatable bonds is 0. The molecule has 4 atom stereocenters. The number of fused-ring (bicyclic) bond motifs is 2. The van der Waals surface area contributed by atoms with E-state index in [1.54, 1.807) is 0 Å². The summed E-state index contributed by atoms with van der Waals surface area (Å²) in [5, 5.41) is 18.7. The van der Waals surface area contributed by atoms with Gasteiger partial charge in [-0.1, -0.05) is 12.2 Å². The SMILES string of the molecule is O[C@@H]1C[C@H](O)[C@@H]2CC=C[C@H]1O2. The Morgan fingerprint density at radius 2 is 2.09 bits per heavy atom. The van der Waals surface area contributed by atoms with Crippen LogP contribution >= 0.6 is 0 Å². The van der Waals surface area contributed by atoms with E-state index in [0.717, 1.165) is 6.42 Å². The Morgan fingerprint density at radius 1 is 1.27 bits per heavy atom. The molecule has 0 unspecified atom stereocenters. The summed E-state index contributed by atoms with van der Waals surface area (Å²) in [5.41, 5.74) is 0. The first-order chi connectivity index (χ1) is 5.27. The Hall–Kier alpha value is -0.380. The van der Waals surface area contributed by atoms with Gasteiger partial charge in [0, 0.05) is 6.42 Å². The van der Waals surface area contributed by atoms with E-state index >= 15 is 0 Å². The van der Waals surface area contributed by atoms with E-state index in [0.29, 0.717) is 6.42 Å². The summed E-state index contributed by atoms with van der Waals surface area (Å²) < 4.78 is 5.36. The molecular formula is C8H12O3. The van der Waals surface area contributed by atoms with Crippen LogP contribution in [0.25, 0.3) is 0 Å². The van der Waals surface area contributed by atoms with Gasteiger partial charge in [-0.15, -0.1) is 0 Å². The van der Waals surface area contributed by atoms with Gasteiger partial charge in [-0.25, -0.2) is 0 Å². The Kier molecular flexibility index (Phi) is 1.71. The van der Waals surface area contributed by atoms with Crippen LogP contribution in [0.3, 0.4) is 0 Å². The smallest absolute Gasteiger partial charge is 0.102 e. The molecule has 0 amide bonds. The van der Waals surface area contributed by atoms with Gasteiger partial charge in [0.25, 0.3) is 0 Å². The molecule has 2 rings (SSSR count). The number of hydrogen-bond donors (Lipinski definition) is 2. The van der Waals surface area contributed by atoms with Gasteiger partial charge in [-0.05, 0) is 6.42 Å². The van der Waals surface area contributed by atoms with Crippen LogP contribution in [0.1, 0.15) is 12.8 Å². The minimum absolute atomic E-state index is 0.0894. The normalized spacial score (nSPS) is 49.3. The van der Waals surface area contributed by atoms with Crippen LogP contribution < -0.4 is 0 Å². The lowest BCUT2D eigenvalue weighted by Crippen LogP contribution is -2.47. The number of aliphatic hydroxyl groups excluding tert-OH is 2. The van der Waals surface area contributed by atoms with Gasteiger partial charge in [0.2, 0.25) is 0 Å². The fraction of sp³-hybridized carbons (Fsp3) is 0.750. The third kappa shape index (κ3) is 1.20. The molecule has 0 aromatic carbocycles. The first kappa shape index (κ1) is 7.28. The minimum Gasteiger partial charge on any atom is -0.390 e. The minimum atomic E-state index is -0.530. The third-order valence-corrected chi connectivity index (χ3v) is 2.32. The topological polar surface area (TPSA) is 49.7 Å². The zero-order valence-electron chi connectivity index (χ0n) is 6.18. The Bertz CT molecular complexity index is 178. The van der Waals surface area contributed by atoms with Crippen molar-refractivity contribution in [2.24, 2.45) is 0 Å². The molecule has 2 N–H and O–H groups in total. The molecular weight excluding hydrogens is 144 g/mol. The lowest BCUT2D eigenvalue weighted by atomic mass is 9.92. The highest BCUT2D eigenvalue weighted by atomic mass is 16.5. The van der Waals surface area contributed by atoms with Crippen LogP contribution in [0.4, 0.5) is 0 Å². The number of ether oxygens (including phenoxy) is 1. The van der Waals surface area contributed by atoms with E-state index in [1.165, 1.54) is 0 Å². The van der Waals surface area contributed by atoms with Gasteiger partial charge in [-0.3, -0.25) is 0 Å². The van der Waals surface area contributed by atoms with Gasteiger partial charge >= 0.3 is 0 Å². The highest BCUT2D eigenvalue weighted by Crippen LogP contribution is 2.26. The Labute approximate surface area is 65.3 Å². The van der Waals surface area contributed by atoms with Crippen molar-refractivity contribution < 1.29 is 14.9 Å². The highest BCUT2D eigenvalue weighted by molar-refractivity contribution is 5.04. The summed E-state index contributed by atoms with van der Waals surface area (Å²) in [6.45, 7) is 0. The molecule has 3 heteroatoms. The monoisotopic (exact) mass is 156 g/mol. The third-order valence-electron chi connectivity index (χ3n) is 2.32. The quantitative estimate of drug-likeness (QED) is 0.478. The fourth-order valence-electron chi connectivity index (χ4n) is 1.65. The predicted molar refractivity (Wildman–Crippen MR) is 39.0 cm³/mol. The first-order valence-corrected chi connectivity index (χ1v) is 3.95. The van der Waals surface area contributed by atoms with E-state index in [-0.39, 0.29) is 12.2 Å². The lowest BCUT2D eigenvalue weighted by molar-refractivity contribution is -0.155. The molecule has 1 fully saturated rings. The first-order valence-electron chi connectivity index (χ1n) is 3.95. The molecule has 3 nitrogen and oxygen atoms in total. The van der Waals surface area contributed by atoms with E-state index in [4.69, 9.17) is 4.74 Å². The average Bonchev–Trinajstić information content (AvgIpc) is 2.02. The van der Waals surface area contributed by atoms with Crippen molar-refractivity contribution in [2.75, 3.05) is 0 Å². The number of hydrogen-bond acceptors (Lipinski definition) is 3. The van der Waals surface area contributed by atoms with Gasteiger partial charge in [0.15, 0.2) is 0 Å². The largest absolute Gasteiger partial charge is 0.390 e. The molecule has 62 valence electrons. The molecule has 1 saturated heterocycles. The van der Waals surface area contributed by atoms with Crippen molar-refractivity contribution in [3.63, 3.8) is 0 Å². The van der Waals surface area contributed by atoms with Crippen LogP contribution in [0.2, 0.25) is 0 Å². The molecule has 0 aromatic rings. The lowest BCUT2D eigenvalue weighted by Gasteiger charge is -2.38. The van der Waals surface area contributed by atoms with Crippen LogP contribution in [0, 0.1) is 0 Å². The molecule has 2 heterocycles. The zero-order valence-corrected chi connectivity index (χ0v) is 6.18. The second-order valence-electron chi connectivity index (χ2n) is 3.17. The maximum Gasteiger partial charge on any atom is 0.102 e. The molecule has 0 aromatic heterocycles. The maximum absolute atomic E-state index is 9.37. The van der Waals surface area contributed by atoms with Gasteiger partial charge in [0.1, 0.15) is 6.10 Å². The second-order valence-corrected chi connectivity index (χ2v) is 3.17. The molecule has 0 spiro atoms. The summed E-state index contributed by atoms with van der Waals surface area (Å²) >= 11 is 0.